The predicted molar refractivity (Wildman–Crippen MR) is 147 cm³/mol. The van der Waals surface area contributed by atoms with Crippen molar-refractivity contribution in [1.29, 1.82) is 0 Å². The topological polar surface area (TPSA) is 285 Å². The van der Waals surface area contributed by atoms with E-state index in [9.17, 15) is 39.3 Å². The van der Waals surface area contributed by atoms with Gasteiger partial charge in [-0.1, -0.05) is 31.3 Å². The molecule has 0 aliphatic heterocycles. The number of nitrogens with zero attached hydrogens (tertiary/aromatic N) is 2. The first kappa shape index (κ1) is 36.4. The van der Waals surface area contributed by atoms with Gasteiger partial charge in [-0.25, -0.2) is 4.79 Å². The van der Waals surface area contributed by atoms with Crippen molar-refractivity contribution in [3.63, 3.8) is 0 Å². The normalized spacial score (nSPS) is 15.4. The molecule has 1 aromatic heterocycles. The fourth-order valence-electron chi connectivity index (χ4n) is 3.69. The summed E-state index contributed by atoms with van der Waals surface area (Å²) < 4.78 is 5.20. The number of rotatable bonds is 21. The van der Waals surface area contributed by atoms with Gasteiger partial charge in [0, 0.05) is 19.4 Å². The van der Waals surface area contributed by atoms with Crippen molar-refractivity contribution in [2.45, 2.75) is 95.0 Å². The van der Waals surface area contributed by atoms with Crippen LogP contribution in [0.1, 0.15) is 89.0 Å². The van der Waals surface area contributed by atoms with E-state index in [4.69, 9.17) is 16.0 Å². The van der Waals surface area contributed by atoms with Crippen molar-refractivity contribution >= 4 is 30.0 Å². The first-order chi connectivity index (χ1) is 19.9. The van der Waals surface area contributed by atoms with E-state index in [0.717, 1.165) is 25.7 Å². The Bertz CT molecular complexity index is 1020. The molecule has 1 rings (SSSR count). The molecule has 1 unspecified atom stereocenters. The minimum atomic E-state index is -2.06. The highest BCUT2D eigenvalue weighted by Gasteiger charge is 2.38. The second kappa shape index (κ2) is 18.7. The molecule has 1 aromatic rings. The molecule has 0 radical (unpaired) electrons. The maximum atomic E-state index is 13.0. The van der Waals surface area contributed by atoms with Gasteiger partial charge in [0.15, 0.2) is 5.82 Å². The minimum absolute atomic E-state index is 0.00313. The minimum Gasteiger partial charge on any atom is -0.394 e. The van der Waals surface area contributed by atoms with Gasteiger partial charge in [-0.15, -0.1) is 0 Å². The number of nitrogens with one attached hydrogen (secondary N) is 4. The Morgan fingerprint density at radius 2 is 1.81 bits per heavy atom. The smallest absolute Gasteiger partial charge is 0.316 e. The van der Waals surface area contributed by atoms with Gasteiger partial charge in [-0.3, -0.25) is 14.4 Å². The van der Waals surface area contributed by atoms with Crippen molar-refractivity contribution in [2.24, 2.45) is 11.5 Å². The molecule has 0 aliphatic rings. The Morgan fingerprint density at radius 3 is 2.38 bits per heavy atom. The number of hydrogen-bond acceptors (Lipinski definition) is 12. The molecule has 0 aromatic carbocycles. The van der Waals surface area contributed by atoms with Gasteiger partial charge in [0.05, 0.1) is 25.4 Å². The zero-order valence-electron chi connectivity index (χ0n) is 24.0. The summed E-state index contributed by atoms with van der Waals surface area (Å²) in [7, 11) is 0. The molecule has 17 nitrogen and oxygen atoms in total. The SMILES string of the molecule is CCCCCCNC(=O)CC[C@H](NC(=O)N[C@@H](CCC(N)=O)C(=O)N[C@](C=O)(CO)C(C)O)c1nc([C@@H](N)CO)no1. The highest BCUT2D eigenvalue weighted by atomic mass is 16.5. The first-order valence-corrected chi connectivity index (χ1v) is 13.8. The molecule has 1 heterocycles. The zero-order chi connectivity index (χ0) is 31.7. The molecule has 5 amide bonds. The molecule has 5 atom stereocenters. The molecule has 42 heavy (non-hydrogen) atoms. The Kier molecular flexibility index (Phi) is 16.2. The number of carbonyl (C=O) groups excluding carboxylic acids is 5. The highest BCUT2D eigenvalue weighted by Crippen LogP contribution is 2.19. The van der Waals surface area contributed by atoms with Crippen LogP contribution in [0.2, 0.25) is 0 Å². The van der Waals surface area contributed by atoms with Crippen LogP contribution < -0.4 is 32.7 Å². The van der Waals surface area contributed by atoms with Crippen molar-refractivity contribution in [3.8, 4) is 0 Å². The summed E-state index contributed by atoms with van der Waals surface area (Å²) >= 11 is 0. The summed E-state index contributed by atoms with van der Waals surface area (Å²) in [6, 6.07) is -4.38. The second-order valence-corrected chi connectivity index (χ2v) is 9.94. The number of unbranched alkanes of at least 4 members (excludes halogenated alkanes) is 3. The van der Waals surface area contributed by atoms with Crippen LogP contribution in [0.15, 0.2) is 4.52 Å². The number of aliphatic hydroxyl groups is 3. The van der Waals surface area contributed by atoms with Crippen molar-refractivity contribution in [1.82, 2.24) is 31.4 Å². The fourth-order valence-corrected chi connectivity index (χ4v) is 3.69. The lowest BCUT2D eigenvalue weighted by molar-refractivity contribution is -0.133. The summed E-state index contributed by atoms with van der Waals surface area (Å²) in [4.78, 5) is 65.4. The maximum absolute atomic E-state index is 13.0. The molecular formula is C25H44N8O9. The molecule has 0 aliphatic carbocycles. The number of aliphatic hydroxyl groups excluding tert-OH is 3. The number of urea groups is 1. The highest BCUT2D eigenvalue weighted by molar-refractivity contribution is 5.90. The molecular weight excluding hydrogens is 556 g/mol. The van der Waals surface area contributed by atoms with Gasteiger partial charge in [0.1, 0.15) is 23.9 Å². The summed E-state index contributed by atoms with van der Waals surface area (Å²) in [5.41, 5.74) is 8.87. The lowest BCUT2D eigenvalue weighted by Gasteiger charge is -2.32. The van der Waals surface area contributed by atoms with Crippen molar-refractivity contribution in [3.05, 3.63) is 11.7 Å². The number of carbonyl (C=O) groups is 5. The van der Waals surface area contributed by atoms with Gasteiger partial charge in [0.25, 0.3) is 0 Å². The second-order valence-electron chi connectivity index (χ2n) is 9.94. The van der Waals surface area contributed by atoms with Crippen LogP contribution in [0.3, 0.4) is 0 Å². The van der Waals surface area contributed by atoms with Gasteiger partial charge >= 0.3 is 6.03 Å². The van der Waals surface area contributed by atoms with Crippen LogP contribution in [0, 0.1) is 0 Å². The van der Waals surface area contributed by atoms with Gasteiger partial charge in [-0.2, -0.15) is 4.98 Å². The maximum Gasteiger partial charge on any atom is 0.316 e. The zero-order valence-corrected chi connectivity index (χ0v) is 24.0. The third-order valence-corrected chi connectivity index (χ3v) is 6.48. The van der Waals surface area contributed by atoms with E-state index < -0.39 is 60.8 Å². The quantitative estimate of drug-likeness (QED) is 0.0544. The lowest BCUT2D eigenvalue weighted by atomic mass is 9.95. The molecule has 0 bridgehead atoms. The molecule has 238 valence electrons. The molecule has 0 saturated heterocycles. The number of amides is 5. The Labute approximate surface area is 243 Å². The Balaban J connectivity index is 3.06. The number of aromatic nitrogens is 2. The summed E-state index contributed by atoms with van der Waals surface area (Å²) in [5, 5.41) is 42.4. The number of aldehydes is 1. The van der Waals surface area contributed by atoms with Crippen LogP contribution in [0.25, 0.3) is 0 Å². The molecule has 0 saturated carbocycles. The monoisotopic (exact) mass is 600 g/mol. The van der Waals surface area contributed by atoms with E-state index in [1.54, 1.807) is 0 Å². The number of hydrogen-bond donors (Lipinski definition) is 9. The fraction of sp³-hybridized carbons (Fsp3) is 0.720. The van der Waals surface area contributed by atoms with Crippen molar-refractivity contribution in [2.75, 3.05) is 19.8 Å². The lowest BCUT2D eigenvalue weighted by Crippen LogP contribution is -2.63. The van der Waals surface area contributed by atoms with Gasteiger partial charge in [-0.05, 0) is 26.2 Å². The Hall–Kier alpha value is -3.67. The van der Waals surface area contributed by atoms with Crippen LogP contribution in [0.5, 0.6) is 0 Å². The standard InChI is InChI=1S/C25H44N8O9/c1-3-4-5-6-11-28-20(39)10-8-18(23-31-21(33-42-23)16(26)12-34)30-24(41)29-17(7-9-19(27)38)22(40)32-25(13-35,14-36)15(2)37/h13,15-18,34,36-37H,3-12,14,26H2,1-2H3,(H2,27,38)(H,28,39)(H,32,40)(H2,29,30,41)/t15?,16-,17-,18-,25+/m0/s1. The summed E-state index contributed by atoms with van der Waals surface area (Å²) in [5.74, 6) is -2.19. The van der Waals surface area contributed by atoms with E-state index in [-0.39, 0.29) is 49.6 Å². The van der Waals surface area contributed by atoms with E-state index in [2.05, 4.69) is 38.3 Å². The first-order valence-electron chi connectivity index (χ1n) is 13.8. The summed E-state index contributed by atoms with van der Waals surface area (Å²) in [6.07, 6.45) is 1.94. The third-order valence-electron chi connectivity index (χ3n) is 6.48. The average molecular weight is 601 g/mol. The van der Waals surface area contributed by atoms with Crippen molar-refractivity contribution < 1.29 is 43.8 Å². The number of primary amides is 1. The van der Waals surface area contributed by atoms with Crippen LogP contribution >= 0.6 is 0 Å². The Morgan fingerprint density at radius 1 is 1.10 bits per heavy atom. The van der Waals surface area contributed by atoms with Crippen LogP contribution in [-0.4, -0.2) is 92.9 Å². The number of nitrogens with two attached hydrogens (primary N) is 2. The van der Waals surface area contributed by atoms with E-state index in [1.165, 1.54) is 6.92 Å². The average Bonchev–Trinajstić information content (AvgIpc) is 3.45. The molecule has 11 N–H and O–H groups in total. The van der Waals surface area contributed by atoms with Crippen LogP contribution in [0.4, 0.5) is 4.79 Å². The van der Waals surface area contributed by atoms with E-state index in [0.29, 0.717) is 6.54 Å². The summed E-state index contributed by atoms with van der Waals surface area (Å²) in [6.45, 7) is 2.33. The van der Waals surface area contributed by atoms with Gasteiger partial charge in [0.2, 0.25) is 23.6 Å². The predicted octanol–water partition coefficient (Wildman–Crippen LogP) is -2.06. The molecule has 17 heteroatoms. The van der Waals surface area contributed by atoms with E-state index >= 15 is 0 Å². The third kappa shape index (κ3) is 12.1. The van der Waals surface area contributed by atoms with E-state index in [1.807, 2.05) is 0 Å². The largest absolute Gasteiger partial charge is 0.394 e. The molecule has 0 fully saturated rings. The van der Waals surface area contributed by atoms with Crippen LogP contribution in [-0.2, 0) is 19.2 Å². The molecule has 0 spiro atoms. The van der Waals surface area contributed by atoms with Gasteiger partial charge < -0.3 is 57.4 Å².